The van der Waals surface area contributed by atoms with Gasteiger partial charge in [0.25, 0.3) is 0 Å². The fourth-order valence-electron chi connectivity index (χ4n) is 2.78. The van der Waals surface area contributed by atoms with Crippen molar-refractivity contribution in [2.24, 2.45) is 17.8 Å². The number of alkyl halides is 2. The van der Waals surface area contributed by atoms with Gasteiger partial charge in [0.1, 0.15) is 0 Å². The number of carbonyl (C=O) groups excluding carboxylic acids is 2. The van der Waals surface area contributed by atoms with Crippen molar-refractivity contribution >= 4 is 34.8 Å². The van der Waals surface area contributed by atoms with Crippen LogP contribution in [-0.4, -0.2) is 29.4 Å². The van der Waals surface area contributed by atoms with Crippen molar-refractivity contribution in [3.8, 4) is 0 Å². The molecule has 0 saturated heterocycles. The smallest absolute Gasteiger partial charge is 0.201 e. The Morgan fingerprint density at radius 3 is 2.59 bits per heavy atom. The molecular weight excluding hydrogens is 263 g/mol. The maximum Gasteiger partial charge on any atom is 0.201 e. The first-order valence-electron chi connectivity index (χ1n) is 5.59. The lowest BCUT2D eigenvalue weighted by atomic mass is 9.66. The van der Waals surface area contributed by atoms with Crippen LogP contribution in [0.1, 0.15) is 13.3 Å². The summed E-state index contributed by atoms with van der Waals surface area (Å²) in [6.45, 7) is 1.88. The van der Waals surface area contributed by atoms with Crippen molar-refractivity contribution in [2.45, 2.75) is 24.1 Å². The molecule has 5 unspecified atom stereocenters. The lowest BCUT2D eigenvalue weighted by Crippen LogP contribution is -2.49. The first kappa shape index (κ1) is 12.9. The van der Waals surface area contributed by atoms with Crippen LogP contribution in [0.4, 0.5) is 0 Å². The molecule has 2 aliphatic rings. The lowest BCUT2D eigenvalue weighted by Gasteiger charge is -2.41. The first-order chi connectivity index (χ1) is 7.97. The predicted molar refractivity (Wildman–Crippen MR) is 65.1 cm³/mol. The molecule has 0 N–H and O–H groups in total. The molecule has 0 heterocycles. The predicted octanol–water partition coefficient (Wildman–Crippen LogP) is 2.16. The van der Waals surface area contributed by atoms with E-state index in [-0.39, 0.29) is 45.8 Å². The van der Waals surface area contributed by atoms with Gasteiger partial charge in [-0.05, 0) is 12.3 Å². The Morgan fingerprint density at radius 2 is 2.00 bits per heavy atom. The van der Waals surface area contributed by atoms with E-state index in [0.717, 1.165) is 0 Å². The van der Waals surface area contributed by atoms with Crippen molar-refractivity contribution < 1.29 is 14.3 Å². The largest absolute Gasteiger partial charge is 0.493 e. The topological polar surface area (TPSA) is 43.4 Å². The molecular formula is C12H14Cl2O3. The van der Waals surface area contributed by atoms with Gasteiger partial charge in [-0.15, -0.1) is 23.2 Å². The van der Waals surface area contributed by atoms with Crippen LogP contribution in [0.15, 0.2) is 11.8 Å². The number of allylic oxidation sites excluding steroid dienone is 2. The summed E-state index contributed by atoms with van der Waals surface area (Å²) in [5.74, 6) is -0.885. The van der Waals surface area contributed by atoms with Gasteiger partial charge in [0.2, 0.25) is 5.78 Å². The second-order valence-corrected chi connectivity index (χ2v) is 5.73. The van der Waals surface area contributed by atoms with Gasteiger partial charge in [0.05, 0.1) is 17.9 Å². The highest BCUT2D eigenvalue weighted by molar-refractivity contribution is 6.30. The van der Waals surface area contributed by atoms with Crippen molar-refractivity contribution in [3.05, 3.63) is 11.8 Å². The molecule has 0 aliphatic heterocycles. The molecule has 5 heteroatoms. The van der Waals surface area contributed by atoms with Gasteiger partial charge < -0.3 is 4.74 Å². The summed E-state index contributed by atoms with van der Waals surface area (Å²) in [7, 11) is 1.39. The monoisotopic (exact) mass is 276 g/mol. The van der Waals surface area contributed by atoms with Crippen LogP contribution in [0.3, 0.4) is 0 Å². The van der Waals surface area contributed by atoms with E-state index < -0.39 is 0 Å². The standard InChI is InChI=1S/C12H14Cl2O3/c1-5-10-6(3-7(13)11(5)14)12(16)9(17-2)4-8(10)15/h4-7,10-11H,3H2,1-2H3. The molecule has 0 radical (unpaired) electrons. The highest BCUT2D eigenvalue weighted by atomic mass is 35.5. The lowest BCUT2D eigenvalue weighted by molar-refractivity contribution is -0.135. The molecule has 5 atom stereocenters. The van der Waals surface area contributed by atoms with Gasteiger partial charge in [0, 0.05) is 17.9 Å². The Morgan fingerprint density at radius 1 is 1.35 bits per heavy atom. The van der Waals surface area contributed by atoms with E-state index in [1.807, 2.05) is 6.92 Å². The molecule has 1 saturated carbocycles. The molecule has 0 spiro atoms. The zero-order valence-electron chi connectivity index (χ0n) is 9.65. The Kier molecular flexibility index (Phi) is 3.50. The van der Waals surface area contributed by atoms with Crippen molar-refractivity contribution in [3.63, 3.8) is 0 Å². The average molecular weight is 277 g/mol. The molecule has 0 amide bonds. The number of carbonyl (C=O) groups is 2. The summed E-state index contributed by atoms with van der Waals surface area (Å²) in [4.78, 5) is 24.1. The molecule has 3 nitrogen and oxygen atoms in total. The summed E-state index contributed by atoms with van der Waals surface area (Å²) in [6, 6.07) is 0. The fourth-order valence-corrected chi connectivity index (χ4v) is 3.46. The van der Waals surface area contributed by atoms with Crippen LogP contribution in [0.5, 0.6) is 0 Å². The Bertz CT molecular complexity index is 391. The van der Waals surface area contributed by atoms with E-state index >= 15 is 0 Å². The molecule has 94 valence electrons. The quantitative estimate of drug-likeness (QED) is 0.690. The minimum Gasteiger partial charge on any atom is -0.493 e. The van der Waals surface area contributed by atoms with Gasteiger partial charge in [-0.1, -0.05) is 6.92 Å². The average Bonchev–Trinajstić information content (AvgIpc) is 2.30. The van der Waals surface area contributed by atoms with Crippen molar-refractivity contribution in [1.29, 1.82) is 0 Å². The Labute approximate surface area is 110 Å². The normalized spacial score (nSPS) is 41.9. The second kappa shape index (κ2) is 4.62. The molecule has 0 aromatic rings. The third-order valence-corrected chi connectivity index (χ3v) is 5.01. The number of hydrogen-bond acceptors (Lipinski definition) is 3. The first-order valence-corrected chi connectivity index (χ1v) is 6.46. The zero-order valence-corrected chi connectivity index (χ0v) is 11.2. The van der Waals surface area contributed by atoms with E-state index in [2.05, 4.69) is 0 Å². The van der Waals surface area contributed by atoms with Crippen LogP contribution in [-0.2, 0) is 14.3 Å². The number of Topliss-reactive ketones (excluding diaryl/α,β-unsaturated/α-hetero) is 1. The molecule has 2 aliphatic carbocycles. The van der Waals surface area contributed by atoms with E-state index in [4.69, 9.17) is 27.9 Å². The summed E-state index contributed by atoms with van der Waals surface area (Å²) < 4.78 is 4.93. The minimum atomic E-state index is -0.380. The molecule has 2 rings (SSSR count). The number of ether oxygens (including phenoxy) is 1. The van der Waals surface area contributed by atoms with Crippen molar-refractivity contribution in [2.75, 3.05) is 7.11 Å². The van der Waals surface area contributed by atoms with Crippen LogP contribution in [0, 0.1) is 17.8 Å². The molecule has 0 bridgehead atoms. The van der Waals surface area contributed by atoms with Gasteiger partial charge in [0.15, 0.2) is 11.5 Å². The third kappa shape index (κ3) is 2.00. The van der Waals surface area contributed by atoms with Crippen LogP contribution in [0.2, 0.25) is 0 Å². The number of methoxy groups -OCH3 is 1. The Hall–Kier alpha value is -0.540. The number of halogens is 2. The van der Waals surface area contributed by atoms with E-state index in [0.29, 0.717) is 6.42 Å². The van der Waals surface area contributed by atoms with Crippen LogP contribution >= 0.6 is 23.2 Å². The van der Waals surface area contributed by atoms with Gasteiger partial charge in [-0.2, -0.15) is 0 Å². The number of ketones is 2. The minimum absolute atomic E-state index is 0.0758. The summed E-state index contributed by atoms with van der Waals surface area (Å²) in [5, 5.41) is -0.548. The number of rotatable bonds is 1. The number of fused-ring (bicyclic) bond motifs is 1. The second-order valence-electron chi connectivity index (χ2n) is 4.67. The van der Waals surface area contributed by atoms with Gasteiger partial charge in [-0.25, -0.2) is 0 Å². The Balaban J connectivity index is 2.37. The third-order valence-electron chi connectivity index (χ3n) is 3.73. The van der Waals surface area contributed by atoms with E-state index in [9.17, 15) is 9.59 Å². The maximum atomic E-state index is 12.1. The van der Waals surface area contributed by atoms with E-state index in [1.54, 1.807) is 0 Å². The highest BCUT2D eigenvalue weighted by Crippen LogP contribution is 2.44. The molecule has 0 aromatic carbocycles. The number of hydrogen-bond donors (Lipinski definition) is 0. The van der Waals surface area contributed by atoms with Crippen LogP contribution in [0.25, 0.3) is 0 Å². The van der Waals surface area contributed by atoms with Crippen LogP contribution < -0.4 is 0 Å². The van der Waals surface area contributed by atoms with Gasteiger partial charge >= 0.3 is 0 Å². The van der Waals surface area contributed by atoms with Crippen molar-refractivity contribution in [1.82, 2.24) is 0 Å². The maximum absolute atomic E-state index is 12.1. The zero-order chi connectivity index (χ0) is 12.7. The summed E-state index contributed by atoms with van der Waals surface area (Å²) in [6.07, 6.45) is 1.73. The summed E-state index contributed by atoms with van der Waals surface area (Å²) >= 11 is 12.3. The molecule has 1 fully saturated rings. The summed E-state index contributed by atoms with van der Waals surface area (Å²) in [5.41, 5.74) is 0. The van der Waals surface area contributed by atoms with E-state index in [1.165, 1.54) is 13.2 Å². The van der Waals surface area contributed by atoms with Gasteiger partial charge in [-0.3, -0.25) is 9.59 Å². The fraction of sp³-hybridized carbons (Fsp3) is 0.667. The molecule has 17 heavy (non-hydrogen) atoms. The SMILES string of the molecule is COC1=CC(=O)C2C(CC(Cl)C(Cl)C2C)C1=O. The molecule has 0 aromatic heterocycles. The highest BCUT2D eigenvalue weighted by Gasteiger charge is 2.49.